The minimum absolute atomic E-state index is 0.100. The highest BCUT2D eigenvalue weighted by atomic mass is 16.2. The fraction of sp³-hybridized carbons (Fsp3) is 0.938. The van der Waals surface area contributed by atoms with Crippen LogP contribution in [0.4, 0.5) is 0 Å². The maximum atomic E-state index is 12.0. The van der Waals surface area contributed by atoms with Crippen molar-refractivity contribution in [3.8, 4) is 0 Å². The van der Waals surface area contributed by atoms with Crippen molar-refractivity contribution in [2.24, 2.45) is 5.92 Å². The lowest BCUT2D eigenvalue weighted by molar-refractivity contribution is -0.123. The molecule has 2 unspecified atom stereocenters. The number of rotatable bonds is 9. The fourth-order valence-electron chi connectivity index (χ4n) is 2.76. The molecule has 0 aliphatic carbocycles. The number of carbonyl (C=O) groups is 1. The molecule has 4 heteroatoms. The lowest BCUT2D eigenvalue weighted by Gasteiger charge is -2.23. The Bertz CT molecular complexity index is 273. The van der Waals surface area contributed by atoms with Crippen molar-refractivity contribution < 1.29 is 4.79 Å². The van der Waals surface area contributed by atoms with Crippen molar-refractivity contribution in [2.75, 3.05) is 26.2 Å². The molecule has 1 rings (SSSR count). The van der Waals surface area contributed by atoms with Crippen LogP contribution in [0.1, 0.15) is 53.4 Å². The van der Waals surface area contributed by atoms with Crippen LogP contribution in [0.5, 0.6) is 0 Å². The normalized spacial score (nSPS) is 19.2. The van der Waals surface area contributed by atoms with Gasteiger partial charge in [-0.15, -0.1) is 0 Å². The molecular weight excluding hydrogens is 250 g/mol. The van der Waals surface area contributed by atoms with Crippen LogP contribution in [0.3, 0.4) is 0 Å². The molecular formula is C16H33N3O. The van der Waals surface area contributed by atoms with Gasteiger partial charge in [-0.1, -0.05) is 20.8 Å². The van der Waals surface area contributed by atoms with Crippen molar-refractivity contribution in [2.45, 2.75) is 65.5 Å². The third-order valence-electron chi connectivity index (χ3n) is 4.27. The Morgan fingerprint density at radius 3 is 2.30 bits per heavy atom. The van der Waals surface area contributed by atoms with Crippen LogP contribution in [-0.2, 0) is 4.79 Å². The highest BCUT2D eigenvalue weighted by Crippen LogP contribution is 2.09. The van der Waals surface area contributed by atoms with Gasteiger partial charge in [0.1, 0.15) is 0 Å². The summed E-state index contributed by atoms with van der Waals surface area (Å²) in [7, 11) is 0. The van der Waals surface area contributed by atoms with E-state index in [0.29, 0.717) is 12.0 Å². The Kier molecular flexibility index (Phi) is 8.15. The number of nitrogens with zero attached hydrogens (tertiary/aromatic N) is 1. The topological polar surface area (TPSA) is 44.4 Å². The second-order valence-electron chi connectivity index (χ2n) is 6.26. The van der Waals surface area contributed by atoms with E-state index in [1.165, 1.54) is 25.9 Å². The molecule has 20 heavy (non-hydrogen) atoms. The standard InChI is InChI=1S/C16H33N3O/c1-5-15(6-2)18-16(20)14(4)17-11-13(3)12-19-9-7-8-10-19/h13-15,17H,5-12H2,1-4H3,(H,18,20). The van der Waals surface area contributed by atoms with Gasteiger partial charge in [0.25, 0.3) is 0 Å². The average molecular weight is 283 g/mol. The summed E-state index contributed by atoms with van der Waals surface area (Å²) in [5.74, 6) is 0.726. The Morgan fingerprint density at radius 2 is 1.75 bits per heavy atom. The smallest absolute Gasteiger partial charge is 0.237 e. The quantitative estimate of drug-likeness (QED) is 0.680. The average Bonchev–Trinajstić information content (AvgIpc) is 2.94. The van der Waals surface area contributed by atoms with Gasteiger partial charge in [-0.3, -0.25) is 4.79 Å². The van der Waals surface area contributed by atoms with Gasteiger partial charge in [0.05, 0.1) is 6.04 Å². The Morgan fingerprint density at radius 1 is 1.15 bits per heavy atom. The van der Waals surface area contributed by atoms with Gasteiger partial charge in [-0.05, 0) is 58.2 Å². The number of hydrogen-bond acceptors (Lipinski definition) is 3. The van der Waals surface area contributed by atoms with E-state index in [4.69, 9.17) is 0 Å². The zero-order valence-electron chi connectivity index (χ0n) is 13.7. The number of carbonyl (C=O) groups excluding carboxylic acids is 1. The maximum Gasteiger partial charge on any atom is 0.237 e. The van der Waals surface area contributed by atoms with E-state index in [1.807, 2.05) is 6.92 Å². The molecule has 118 valence electrons. The number of likely N-dealkylation sites (tertiary alicyclic amines) is 1. The van der Waals surface area contributed by atoms with Gasteiger partial charge in [-0.2, -0.15) is 0 Å². The summed E-state index contributed by atoms with van der Waals surface area (Å²) >= 11 is 0. The highest BCUT2D eigenvalue weighted by molar-refractivity contribution is 5.81. The second-order valence-corrected chi connectivity index (χ2v) is 6.26. The van der Waals surface area contributed by atoms with Gasteiger partial charge in [-0.25, -0.2) is 0 Å². The zero-order chi connectivity index (χ0) is 15.0. The number of nitrogens with one attached hydrogen (secondary N) is 2. The molecule has 1 aliphatic heterocycles. The van der Waals surface area contributed by atoms with Crippen molar-refractivity contribution >= 4 is 5.91 Å². The van der Waals surface area contributed by atoms with Crippen molar-refractivity contribution in [1.82, 2.24) is 15.5 Å². The molecule has 4 nitrogen and oxygen atoms in total. The summed E-state index contributed by atoms with van der Waals surface area (Å²) in [6.45, 7) is 13.0. The van der Waals surface area contributed by atoms with E-state index in [9.17, 15) is 4.79 Å². The molecule has 1 heterocycles. The van der Waals surface area contributed by atoms with E-state index >= 15 is 0 Å². The Balaban J connectivity index is 2.20. The summed E-state index contributed by atoms with van der Waals surface area (Å²) < 4.78 is 0. The summed E-state index contributed by atoms with van der Waals surface area (Å²) in [5, 5.41) is 6.47. The van der Waals surface area contributed by atoms with E-state index in [2.05, 4.69) is 36.3 Å². The summed E-state index contributed by atoms with van der Waals surface area (Å²) in [5.41, 5.74) is 0. The van der Waals surface area contributed by atoms with Crippen LogP contribution in [0, 0.1) is 5.92 Å². The molecule has 0 aromatic rings. The SMILES string of the molecule is CCC(CC)NC(=O)C(C)NCC(C)CN1CCCC1. The molecule has 0 bridgehead atoms. The minimum Gasteiger partial charge on any atom is -0.352 e. The second kappa shape index (κ2) is 9.35. The fourth-order valence-corrected chi connectivity index (χ4v) is 2.76. The third kappa shape index (κ3) is 6.23. The molecule has 1 saturated heterocycles. The van der Waals surface area contributed by atoms with Crippen molar-refractivity contribution in [3.63, 3.8) is 0 Å². The summed E-state index contributed by atoms with van der Waals surface area (Å²) in [6, 6.07) is 0.213. The summed E-state index contributed by atoms with van der Waals surface area (Å²) in [4.78, 5) is 14.6. The van der Waals surface area contributed by atoms with Crippen LogP contribution in [0.2, 0.25) is 0 Å². The van der Waals surface area contributed by atoms with Crippen LogP contribution < -0.4 is 10.6 Å². The van der Waals surface area contributed by atoms with Gasteiger partial charge < -0.3 is 15.5 Å². The van der Waals surface area contributed by atoms with Crippen LogP contribution in [0.25, 0.3) is 0 Å². The summed E-state index contributed by atoms with van der Waals surface area (Å²) in [6.07, 6.45) is 4.68. The Labute approximate surface area is 124 Å². The molecule has 0 aromatic carbocycles. The predicted octanol–water partition coefficient (Wildman–Crippen LogP) is 2.00. The van der Waals surface area contributed by atoms with E-state index in [0.717, 1.165) is 25.9 Å². The molecule has 0 spiro atoms. The van der Waals surface area contributed by atoms with Gasteiger partial charge in [0.15, 0.2) is 0 Å². The zero-order valence-corrected chi connectivity index (χ0v) is 13.7. The minimum atomic E-state index is -0.100. The monoisotopic (exact) mass is 283 g/mol. The molecule has 0 radical (unpaired) electrons. The first-order valence-electron chi connectivity index (χ1n) is 8.32. The van der Waals surface area contributed by atoms with Crippen molar-refractivity contribution in [1.29, 1.82) is 0 Å². The molecule has 1 aliphatic rings. The van der Waals surface area contributed by atoms with Gasteiger partial charge in [0, 0.05) is 12.6 Å². The van der Waals surface area contributed by atoms with Crippen molar-refractivity contribution in [3.05, 3.63) is 0 Å². The Hall–Kier alpha value is -0.610. The molecule has 2 N–H and O–H groups in total. The van der Waals surface area contributed by atoms with E-state index < -0.39 is 0 Å². The van der Waals surface area contributed by atoms with E-state index in [1.54, 1.807) is 0 Å². The third-order valence-corrected chi connectivity index (χ3v) is 4.27. The van der Waals surface area contributed by atoms with Gasteiger partial charge in [0.2, 0.25) is 5.91 Å². The molecule has 1 amide bonds. The molecule has 1 fully saturated rings. The van der Waals surface area contributed by atoms with Gasteiger partial charge >= 0.3 is 0 Å². The predicted molar refractivity (Wildman–Crippen MR) is 84.8 cm³/mol. The van der Waals surface area contributed by atoms with E-state index in [-0.39, 0.29) is 11.9 Å². The number of hydrogen-bond donors (Lipinski definition) is 2. The maximum absolute atomic E-state index is 12.0. The highest BCUT2D eigenvalue weighted by Gasteiger charge is 2.18. The largest absolute Gasteiger partial charge is 0.352 e. The first kappa shape index (κ1) is 17.4. The first-order valence-corrected chi connectivity index (χ1v) is 8.32. The molecule has 0 saturated carbocycles. The van der Waals surface area contributed by atoms with Crippen LogP contribution in [-0.4, -0.2) is 49.1 Å². The molecule has 2 atom stereocenters. The van der Waals surface area contributed by atoms with Crippen LogP contribution in [0.15, 0.2) is 0 Å². The first-order chi connectivity index (χ1) is 9.56. The lowest BCUT2D eigenvalue weighted by atomic mass is 10.1. The number of amides is 1. The van der Waals surface area contributed by atoms with Crippen LogP contribution >= 0.6 is 0 Å². The molecule has 0 aromatic heterocycles. The lowest BCUT2D eigenvalue weighted by Crippen LogP contribution is -2.47.